The van der Waals surface area contributed by atoms with E-state index in [0.717, 1.165) is 6.07 Å². The van der Waals surface area contributed by atoms with Gasteiger partial charge in [-0.1, -0.05) is 12.1 Å². The van der Waals surface area contributed by atoms with Crippen LogP contribution in [0, 0.1) is 5.82 Å². The van der Waals surface area contributed by atoms with Crippen LogP contribution in [0.25, 0.3) is 0 Å². The number of benzene rings is 1. The van der Waals surface area contributed by atoms with Gasteiger partial charge in [-0.25, -0.2) is 4.39 Å². The van der Waals surface area contributed by atoms with Gasteiger partial charge in [-0.15, -0.1) is 0 Å². The molecule has 0 saturated heterocycles. The Hall–Kier alpha value is 1.68. The van der Waals surface area contributed by atoms with Crippen LogP contribution in [-0.4, -0.2) is 23.3 Å². The molecule has 0 saturated carbocycles. The Morgan fingerprint density at radius 2 is 1.69 bits per heavy atom. The second kappa shape index (κ2) is 13.1. The summed E-state index contributed by atoms with van der Waals surface area (Å²) >= 11 is 0. The zero-order valence-electron chi connectivity index (χ0n) is 8.88. The van der Waals surface area contributed by atoms with Crippen molar-refractivity contribution in [2.75, 3.05) is 0 Å². The number of halogens is 1. The van der Waals surface area contributed by atoms with Gasteiger partial charge in [0, 0.05) is 0 Å². The maximum atomic E-state index is 12.3. The van der Waals surface area contributed by atoms with Crippen molar-refractivity contribution in [3.05, 3.63) is 30.1 Å². The number of carbonyl (C=O) groups excluding carboxylic acids is 1. The van der Waals surface area contributed by atoms with E-state index in [0.29, 0.717) is 0 Å². The Balaban J connectivity index is -0.000000249. The molecule has 9 heteroatoms. The van der Waals surface area contributed by atoms with E-state index < -0.39 is 19.1 Å². The van der Waals surface area contributed by atoms with Crippen molar-refractivity contribution < 1.29 is 132 Å². The van der Waals surface area contributed by atoms with Gasteiger partial charge in [-0.3, -0.25) is 0 Å². The van der Waals surface area contributed by atoms with E-state index in [1.54, 1.807) is 0 Å². The van der Waals surface area contributed by atoms with Crippen LogP contribution in [0.5, 0.6) is 0 Å². The Kier molecular flexibility index (Phi) is 18.7. The van der Waals surface area contributed by atoms with Gasteiger partial charge in [0.1, 0.15) is 5.82 Å². The van der Waals surface area contributed by atoms with E-state index in [2.05, 4.69) is 0 Å². The molecule has 2 N–H and O–H groups in total. The quantitative estimate of drug-likeness (QED) is 0.496. The summed E-state index contributed by atoms with van der Waals surface area (Å²) in [5, 5.41) is 33.7. The van der Waals surface area contributed by atoms with Crippen LogP contribution in [0.15, 0.2) is 24.3 Å². The molecule has 0 radical (unpaired) electrons. The zero-order chi connectivity index (χ0) is 11.1. The number of rotatable bonds is 1. The van der Waals surface area contributed by atoms with Crippen LogP contribution in [-0.2, 0) is 0 Å². The molecule has 0 bridgehead atoms. The topological polar surface area (TPSA) is 104 Å². The van der Waals surface area contributed by atoms with Gasteiger partial charge in [0.2, 0.25) is 0 Å². The van der Waals surface area contributed by atoms with Crippen LogP contribution in [0.1, 0.15) is 0 Å². The Labute approximate surface area is 177 Å². The summed E-state index contributed by atoms with van der Waals surface area (Å²) in [4.78, 5) is 8.33. The molecule has 76 valence electrons. The summed E-state index contributed by atoms with van der Waals surface area (Å²) < 4.78 is 12.3. The van der Waals surface area contributed by atoms with Gasteiger partial charge < -0.3 is 25.1 Å². The van der Waals surface area contributed by atoms with Crippen LogP contribution >= 0.6 is 0 Å². The number of carboxylic acid groups (broad SMARTS) is 2. The minimum absolute atomic E-state index is 0. The maximum absolute atomic E-state index is 12.3. The first-order chi connectivity index (χ1) is 6.43. The number of hydrogen-bond acceptors (Lipinski definition) is 5. The normalized spacial score (nSPS) is 7.44. The molecule has 0 aliphatic carbocycles. The minimum atomic E-state index is -2.33. The predicted octanol–water partition coefficient (Wildman–Crippen LogP) is -8.93. The molecule has 1 rings (SSSR count). The predicted molar refractivity (Wildman–Crippen MR) is 41.6 cm³/mol. The van der Waals surface area contributed by atoms with Crippen LogP contribution in [0.4, 0.5) is 9.18 Å². The molecule has 0 fully saturated rings. The van der Waals surface area contributed by atoms with Crippen molar-refractivity contribution in [3.8, 4) is 0 Å². The standard InChI is InChI=1S/C6H6BFO2.CH2O3.2K/c8-6-3-1-2-5(4-6)7(9)10;2-1(3)4;;/h1-4,9-10H;(H2,2,3,4);;/q;;2*+1/p-2. The molecule has 1 aromatic carbocycles. The summed E-state index contributed by atoms with van der Waals surface area (Å²) in [6.07, 6.45) is -2.33. The smallest absolute Gasteiger partial charge is 0.652 e. The molecule has 0 spiro atoms. The molecule has 16 heavy (non-hydrogen) atoms. The Morgan fingerprint density at radius 3 is 1.94 bits per heavy atom. The summed E-state index contributed by atoms with van der Waals surface area (Å²) in [6.45, 7) is 0. The Morgan fingerprint density at radius 1 is 1.25 bits per heavy atom. The van der Waals surface area contributed by atoms with Crippen LogP contribution in [0.3, 0.4) is 0 Å². The molecule has 0 amide bonds. The van der Waals surface area contributed by atoms with Gasteiger partial charge >= 0.3 is 110 Å². The van der Waals surface area contributed by atoms with E-state index in [1.807, 2.05) is 0 Å². The first-order valence-electron chi connectivity index (χ1n) is 3.43. The molecule has 0 aliphatic heterocycles. The molecule has 0 aromatic heterocycles. The van der Waals surface area contributed by atoms with Crippen LogP contribution in [0.2, 0.25) is 0 Å². The molecule has 0 aliphatic rings. The second-order valence-corrected chi connectivity index (χ2v) is 2.18. The number of hydrogen-bond donors (Lipinski definition) is 2. The fourth-order valence-corrected chi connectivity index (χ4v) is 0.667. The maximum Gasteiger partial charge on any atom is 1.00 e. The van der Waals surface area contributed by atoms with Gasteiger partial charge in [-0.2, -0.15) is 0 Å². The molecule has 0 atom stereocenters. The van der Waals surface area contributed by atoms with E-state index in [-0.39, 0.29) is 108 Å². The molecule has 0 heterocycles. The van der Waals surface area contributed by atoms with Crippen LogP contribution < -0.4 is 118 Å². The average Bonchev–Trinajstić information content (AvgIpc) is 2.03. The van der Waals surface area contributed by atoms with Gasteiger partial charge in [0.15, 0.2) is 0 Å². The van der Waals surface area contributed by atoms with Crippen molar-refractivity contribution in [2.24, 2.45) is 0 Å². The van der Waals surface area contributed by atoms with Crippen molar-refractivity contribution in [1.29, 1.82) is 0 Å². The van der Waals surface area contributed by atoms with Crippen molar-refractivity contribution in [2.45, 2.75) is 0 Å². The zero-order valence-corrected chi connectivity index (χ0v) is 15.1. The molecule has 0 unspecified atom stereocenters. The fraction of sp³-hybridized carbons (Fsp3) is 0. The first-order valence-corrected chi connectivity index (χ1v) is 3.43. The summed E-state index contributed by atoms with van der Waals surface area (Å²) in [7, 11) is -1.59. The largest absolute Gasteiger partial charge is 1.00 e. The summed E-state index contributed by atoms with van der Waals surface area (Å²) in [5.41, 5.74) is 0.167. The summed E-state index contributed by atoms with van der Waals surface area (Å²) in [5.74, 6) is -0.467. The van der Waals surface area contributed by atoms with Gasteiger partial charge in [0.25, 0.3) is 0 Å². The third-order valence-corrected chi connectivity index (χ3v) is 1.15. The fourth-order valence-electron chi connectivity index (χ4n) is 0.667. The van der Waals surface area contributed by atoms with Crippen molar-refractivity contribution in [1.82, 2.24) is 0 Å². The second-order valence-electron chi connectivity index (χ2n) is 2.18. The van der Waals surface area contributed by atoms with Crippen molar-refractivity contribution >= 4 is 18.7 Å². The van der Waals surface area contributed by atoms with Gasteiger partial charge in [-0.05, 0) is 23.8 Å². The first kappa shape index (κ1) is 22.8. The van der Waals surface area contributed by atoms with Gasteiger partial charge in [0.05, 0.1) is 0 Å². The van der Waals surface area contributed by atoms with Crippen molar-refractivity contribution in [3.63, 3.8) is 0 Å². The molecule has 5 nitrogen and oxygen atoms in total. The SMILES string of the molecule is O=C([O-])[O-].OB(O)c1cccc(F)c1.[K+].[K+]. The van der Waals surface area contributed by atoms with E-state index in [9.17, 15) is 4.39 Å². The van der Waals surface area contributed by atoms with E-state index >= 15 is 0 Å². The molecular weight excluding hydrogens is 272 g/mol. The monoisotopic (exact) mass is 278 g/mol. The Bertz CT molecular complexity index is 309. The third kappa shape index (κ3) is 13.7. The average molecular weight is 278 g/mol. The molecule has 1 aromatic rings. The minimum Gasteiger partial charge on any atom is -0.652 e. The third-order valence-electron chi connectivity index (χ3n) is 1.15. The van der Waals surface area contributed by atoms with E-state index in [4.69, 9.17) is 25.1 Å². The molecular formula is C7H6BFK2O5. The summed E-state index contributed by atoms with van der Waals surface area (Å²) in [6, 6.07) is 5.18. The number of carbonyl (C=O) groups is 1. The van der Waals surface area contributed by atoms with E-state index in [1.165, 1.54) is 18.2 Å².